The molecule has 1 aromatic carbocycles. The second-order valence-electron chi connectivity index (χ2n) is 5.64. The number of carbonyl (C=O) groups excluding carboxylic acids is 1. The number of amides is 1. The van der Waals surface area contributed by atoms with E-state index in [1.165, 1.54) is 0 Å². The van der Waals surface area contributed by atoms with Crippen LogP contribution in [0.3, 0.4) is 0 Å². The summed E-state index contributed by atoms with van der Waals surface area (Å²) in [5, 5.41) is 10.4. The molecule has 7 heteroatoms. The monoisotopic (exact) mass is 325 g/mol. The lowest BCUT2D eigenvalue weighted by atomic mass is 9.89. The number of methoxy groups -OCH3 is 1. The summed E-state index contributed by atoms with van der Waals surface area (Å²) in [7, 11) is 1.64. The van der Waals surface area contributed by atoms with Gasteiger partial charge in [0.15, 0.2) is 17.3 Å². The van der Waals surface area contributed by atoms with Crippen molar-refractivity contribution < 1.29 is 18.6 Å². The number of aromatic nitrogens is 2. The molecule has 7 nitrogen and oxygen atoms in total. The molecule has 0 spiro atoms. The largest absolute Gasteiger partial charge is 0.497 e. The van der Waals surface area contributed by atoms with E-state index < -0.39 is 0 Å². The Kier molecular flexibility index (Phi) is 3.34. The first-order valence-corrected chi connectivity index (χ1v) is 7.56. The van der Waals surface area contributed by atoms with Gasteiger partial charge in [-0.3, -0.25) is 4.79 Å². The van der Waals surface area contributed by atoms with Crippen molar-refractivity contribution in [2.45, 2.75) is 19.8 Å². The Labute approximate surface area is 137 Å². The molecule has 3 aromatic rings. The molecule has 0 unspecified atom stereocenters. The fraction of sp³-hybridized carbons (Fsp3) is 0.235. The summed E-state index contributed by atoms with van der Waals surface area (Å²) in [6.07, 6.45) is 1.48. The van der Waals surface area contributed by atoms with Crippen LogP contribution < -0.4 is 10.1 Å². The number of carbonyl (C=O) groups is 1. The van der Waals surface area contributed by atoms with Crippen molar-refractivity contribution in [2.24, 2.45) is 0 Å². The molecular formula is C17H15N3O4. The van der Waals surface area contributed by atoms with Crippen LogP contribution in [0.15, 0.2) is 33.3 Å². The van der Waals surface area contributed by atoms with Crippen molar-refractivity contribution in [3.63, 3.8) is 0 Å². The fourth-order valence-corrected chi connectivity index (χ4v) is 2.92. The summed E-state index contributed by atoms with van der Waals surface area (Å²) in [5.74, 6) is 2.06. The summed E-state index contributed by atoms with van der Waals surface area (Å²) in [6, 6.07) is 7.43. The first-order chi connectivity index (χ1) is 11.7. The summed E-state index contributed by atoms with van der Waals surface area (Å²) in [5.41, 5.74) is 3.16. The Morgan fingerprint density at radius 2 is 2.08 bits per heavy atom. The van der Waals surface area contributed by atoms with Crippen LogP contribution >= 0.6 is 0 Å². The van der Waals surface area contributed by atoms with Gasteiger partial charge in [-0.25, -0.2) is 0 Å². The lowest BCUT2D eigenvalue weighted by Crippen LogP contribution is -2.16. The predicted octanol–water partition coefficient (Wildman–Crippen LogP) is 3.00. The predicted molar refractivity (Wildman–Crippen MR) is 85.1 cm³/mol. The van der Waals surface area contributed by atoms with Crippen molar-refractivity contribution >= 4 is 11.7 Å². The molecule has 1 amide bonds. The van der Waals surface area contributed by atoms with E-state index in [2.05, 4.69) is 15.6 Å². The second-order valence-corrected chi connectivity index (χ2v) is 5.64. The average Bonchev–Trinajstić information content (AvgIpc) is 3.20. The molecule has 1 aliphatic carbocycles. The van der Waals surface area contributed by atoms with Gasteiger partial charge in [0.1, 0.15) is 11.5 Å². The number of rotatable bonds is 3. The normalized spacial score (nSPS) is 12.4. The molecule has 1 aliphatic rings. The molecule has 0 saturated heterocycles. The Morgan fingerprint density at radius 3 is 2.83 bits per heavy atom. The first-order valence-electron chi connectivity index (χ1n) is 7.56. The van der Waals surface area contributed by atoms with Crippen molar-refractivity contribution in [3.05, 3.63) is 46.8 Å². The highest BCUT2D eigenvalue weighted by atomic mass is 16.5. The molecule has 4 rings (SSSR count). The van der Waals surface area contributed by atoms with E-state index in [-0.39, 0.29) is 11.6 Å². The minimum absolute atomic E-state index is 0.284. The summed E-state index contributed by atoms with van der Waals surface area (Å²) < 4.78 is 15.7. The molecule has 24 heavy (non-hydrogen) atoms. The summed E-state index contributed by atoms with van der Waals surface area (Å²) in [4.78, 5) is 12.4. The third-order valence-corrected chi connectivity index (χ3v) is 4.07. The molecule has 0 bridgehead atoms. The van der Waals surface area contributed by atoms with Crippen LogP contribution in [-0.4, -0.2) is 23.3 Å². The van der Waals surface area contributed by atoms with Gasteiger partial charge >= 0.3 is 0 Å². The smallest absolute Gasteiger partial charge is 0.279 e. The molecule has 0 aliphatic heterocycles. The van der Waals surface area contributed by atoms with E-state index in [9.17, 15) is 4.79 Å². The number of nitrogens with one attached hydrogen (secondary N) is 1. The molecule has 0 radical (unpaired) electrons. The minimum atomic E-state index is -0.356. The molecular weight excluding hydrogens is 310 g/mol. The maximum atomic E-state index is 12.4. The number of nitrogens with zero attached hydrogens (tertiary/aromatic N) is 2. The number of ether oxygens (including phenoxy) is 1. The number of aryl methyl sites for hydroxylation is 2. The zero-order valence-corrected chi connectivity index (χ0v) is 13.3. The van der Waals surface area contributed by atoms with Crippen LogP contribution in [0.2, 0.25) is 0 Å². The second kappa shape index (κ2) is 5.52. The van der Waals surface area contributed by atoms with E-state index in [4.69, 9.17) is 13.8 Å². The first kappa shape index (κ1) is 14.5. The van der Waals surface area contributed by atoms with Crippen LogP contribution in [-0.2, 0) is 12.8 Å². The molecule has 2 aromatic heterocycles. The van der Waals surface area contributed by atoms with Gasteiger partial charge in [-0.05, 0) is 43.5 Å². The van der Waals surface area contributed by atoms with Crippen molar-refractivity contribution in [3.8, 4) is 17.1 Å². The van der Waals surface area contributed by atoms with Crippen LogP contribution in [0.25, 0.3) is 11.3 Å². The molecule has 0 atom stereocenters. The van der Waals surface area contributed by atoms with Crippen LogP contribution in [0.5, 0.6) is 5.75 Å². The highest BCUT2D eigenvalue weighted by molar-refractivity contribution is 6.04. The third kappa shape index (κ3) is 2.34. The van der Waals surface area contributed by atoms with Gasteiger partial charge in [-0.1, -0.05) is 10.3 Å². The van der Waals surface area contributed by atoms with Gasteiger partial charge in [0.2, 0.25) is 0 Å². The number of benzene rings is 1. The van der Waals surface area contributed by atoms with Gasteiger partial charge in [0, 0.05) is 17.2 Å². The van der Waals surface area contributed by atoms with Crippen molar-refractivity contribution in [2.75, 3.05) is 12.4 Å². The lowest BCUT2D eigenvalue weighted by Gasteiger charge is -2.15. The average molecular weight is 325 g/mol. The van der Waals surface area contributed by atoms with E-state index in [1.807, 2.05) is 18.2 Å². The highest BCUT2D eigenvalue weighted by Crippen LogP contribution is 2.37. The Balaban J connectivity index is 1.66. The molecule has 122 valence electrons. The maximum absolute atomic E-state index is 12.4. The van der Waals surface area contributed by atoms with Crippen molar-refractivity contribution in [1.82, 2.24) is 10.3 Å². The summed E-state index contributed by atoms with van der Waals surface area (Å²) in [6.45, 7) is 1.76. The van der Waals surface area contributed by atoms with E-state index in [0.29, 0.717) is 23.8 Å². The van der Waals surface area contributed by atoms with Gasteiger partial charge in [0.05, 0.1) is 7.11 Å². The van der Waals surface area contributed by atoms with Crippen LogP contribution in [0, 0.1) is 6.92 Å². The molecule has 0 saturated carbocycles. The zero-order valence-electron chi connectivity index (χ0n) is 13.3. The van der Waals surface area contributed by atoms with Crippen molar-refractivity contribution in [1.29, 1.82) is 0 Å². The van der Waals surface area contributed by atoms with Gasteiger partial charge in [0.25, 0.3) is 5.91 Å². The summed E-state index contributed by atoms with van der Waals surface area (Å²) >= 11 is 0. The zero-order chi connectivity index (χ0) is 16.7. The molecule has 1 N–H and O–H groups in total. The van der Waals surface area contributed by atoms with Gasteiger partial charge < -0.3 is 19.1 Å². The third-order valence-electron chi connectivity index (χ3n) is 4.07. The maximum Gasteiger partial charge on any atom is 0.279 e. The SMILES string of the molecule is COc1ccc2c(c1)CCc1c(C(=O)Nc3cc(C)on3)noc1-2. The topological polar surface area (TPSA) is 90.4 Å². The standard InChI is InChI=1S/C17H15N3O4/c1-9-7-14(19-23-9)18-17(21)15-13-5-3-10-8-11(22-2)4-6-12(10)16(13)24-20-15/h4,6-8H,3,5H2,1-2H3,(H,18,19,21). The number of hydrogen-bond acceptors (Lipinski definition) is 6. The number of fused-ring (bicyclic) bond motifs is 3. The van der Waals surface area contributed by atoms with E-state index in [1.54, 1.807) is 20.1 Å². The van der Waals surface area contributed by atoms with E-state index in [0.717, 1.165) is 28.9 Å². The van der Waals surface area contributed by atoms with Gasteiger partial charge in [-0.2, -0.15) is 0 Å². The van der Waals surface area contributed by atoms with Crippen LogP contribution in [0.4, 0.5) is 5.82 Å². The molecule has 2 heterocycles. The van der Waals surface area contributed by atoms with Gasteiger partial charge in [-0.15, -0.1) is 0 Å². The van der Waals surface area contributed by atoms with E-state index >= 15 is 0 Å². The van der Waals surface area contributed by atoms with Crippen LogP contribution in [0.1, 0.15) is 27.4 Å². The fourth-order valence-electron chi connectivity index (χ4n) is 2.92. The highest BCUT2D eigenvalue weighted by Gasteiger charge is 2.28. The molecule has 0 fully saturated rings. The number of anilines is 1. The lowest BCUT2D eigenvalue weighted by molar-refractivity contribution is 0.101. The Morgan fingerprint density at radius 1 is 1.21 bits per heavy atom. The Hall–Kier alpha value is -3.09. The number of hydrogen-bond donors (Lipinski definition) is 1. The quantitative estimate of drug-likeness (QED) is 0.796. The minimum Gasteiger partial charge on any atom is -0.497 e. The Bertz CT molecular complexity index is 926.